The zero-order chi connectivity index (χ0) is 13.9. The van der Waals surface area contributed by atoms with Gasteiger partial charge in [0.15, 0.2) is 0 Å². The van der Waals surface area contributed by atoms with Gasteiger partial charge in [-0.05, 0) is 6.92 Å². The fourth-order valence-corrected chi connectivity index (χ4v) is 1.56. The van der Waals surface area contributed by atoms with Crippen molar-refractivity contribution in [2.75, 3.05) is 6.54 Å². The Labute approximate surface area is 103 Å². The summed E-state index contributed by atoms with van der Waals surface area (Å²) in [5.74, 6) is 0.0924. The van der Waals surface area contributed by atoms with Gasteiger partial charge in [-0.3, -0.25) is 4.79 Å². The average molecular weight is 263 g/mol. The molecule has 1 amide bonds. The number of amides is 1. The van der Waals surface area contributed by atoms with Crippen LogP contribution in [0.4, 0.5) is 13.2 Å². The Hall–Kier alpha value is -1.53. The van der Waals surface area contributed by atoms with Gasteiger partial charge in [0.05, 0.1) is 0 Å². The van der Waals surface area contributed by atoms with E-state index in [1.165, 1.54) is 6.20 Å². The van der Waals surface area contributed by atoms with E-state index < -0.39 is 24.7 Å². The lowest BCUT2D eigenvalue weighted by Gasteiger charge is -2.18. The van der Waals surface area contributed by atoms with Crippen molar-refractivity contribution in [3.05, 3.63) is 18.2 Å². The maximum atomic E-state index is 12.0. The molecule has 0 fully saturated rings. The SMILES string of the molecule is CC(C)c1nccn1[C@@H](C)C(=O)NCC(F)(F)F. The van der Waals surface area contributed by atoms with E-state index in [2.05, 4.69) is 4.98 Å². The van der Waals surface area contributed by atoms with E-state index in [4.69, 9.17) is 0 Å². The highest BCUT2D eigenvalue weighted by atomic mass is 19.4. The minimum atomic E-state index is -4.40. The van der Waals surface area contributed by atoms with Gasteiger partial charge in [0.1, 0.15) is 18.4 Å². The van der Waals surface area contributed by atoms with Gasteiger partial charge < -0.3 is 9.88 Å². The number of nitrogens with zero attached hydrogens (tertiary/aromatic N) is 2. The number of nitrogens with one attached hydrogen (secondary N) is 1. The van der Waals surface area contributed by atoms with Crippen molar-refractivity contribution in [2.24, 2.45) is 0 Å². The first kappa shape index (κ1) is 14.5. The second-order valence-corrected chi connectivity index (χ2v) is 4.36. The van der Waals surface area contributed by atoms with Crippen molar-refractivity contribution in [1.29, 1.82) is 0 Å². The first-order valence-electron chi connectivity index (χ1n) is 5.59. The predicted octanol–water partition coefficient (Wildman–Crippen LogP) is 2.25. The number of rotatable bonds is 4. The molecule has 1 aromatic rings. The lowest BCUT2D eigenvalue weighted by atomic mass is 10.2. The van der Waals surface area contributed by atoms with Crippen LogP contribution in [0.25, 0.3) is 0 Å². The summed E-state index contributed by atoms with van der Waals surface area (Å²) in [4.78, 5) is 15.7. The molecule has 0 bridgehead atoms. The van der Waals surface area contributed by atoms with Crippen molar-refractivity contribution in [2.45, 2.75) is 38.9 Å². The second kappa shape index (κ2) is 5.41. The maximum absolute atomic E-state index is 12.0. The van der Waals surface area contributed by atoms with Crippen LogP contribution < -0.4 is 5.32 Å². The first-order valence-corrected chi connectivity index (χ1v) is 5.59. The maximum Gasteiger partial charge on any atom is 0.405 e. The van der Waals surface area contributed by atoms with Crippen molar-refractivity contribution in [1.82, 2.24) is 14.9 Å². The summed E-state index contributed by atoms with van der Waals surface area (Å²) in [6, 6.07) is -0.716. The van der Waals surface area contributed by atoms with Crippen LogP contribution in [-0.4, -0.2) is 28.2 Å². The highest BCUT2D eigenvalue weighted by Gasteiger charge is 2.29. The Balaban J connectivity index is 2.72. The third-order valence-corrected chi connectivity index (χ3v) is 2.47. The Morgan fingerprint density at radius 3 is 2.56 bits per heavy atom. The molecule has 1 aromatic heterocycles. The van der Waals surface area contributed by atoms with Crippen LogP contribution in [0.15, 0.2) is 12.4 Å². The summed E-state index contributed by atoms with van der Waals surface area (Å²) >= 11 is 0. The molecule has 0 saturated heterocycles. The summed E-state index contributed by atoms with van der Waals surface area (Å²) in [7, 11) is 0. The van der Waals surface area contributed by atoms with Crippen LogP contribution in [0.2, 0.25) is 0 Å². The molecule has 0 aliphatic heterocycles. The van der Waals surface area contributed by atoms with Gasteiger partial charge in [-0.15, -0.1) is 0 Å². The van der Waals surface area contributed by atoms with E-state index in [1.807, 2.05) is 19.2 Å². The van der Waals surface area contributed by atoms with Gasteiger partial charge in [0.2, 0.25) is 5.91 Å². The standard InChI is InChI=1S/C11H16F3N3O/c1-7(2)9-15-4-5-17(9)8(3)10(18)16-6-11(12,13)14/h4-5,7-8H,6H2,1-3H3,(H,16,18)/t8-/m0/s1. The quantitative estimate of drug-likeness (QED) is 0.905. The van der Waals surface area contributed by atoms with Crippen LogP contribution in [0.1, 0.15) is 38.6 Å². The smallest absolute Gasteiger partial charge is 0.345 e. The molecule has 0 unspecified atom stereocenters. The Morgan fingerprint density at radius 1 is 1.44 bits per heavy atom. The fraction of sp³-hybridized carbons (Fsp3) is 0.636. The van der Waals surface area contributed by atoms with Crippen molar-refractivity contribution >= 4 is 5.91 Å². The molecule has 0 radical (unpaired) electrons. The molecule has 102 valence electrons. The van der Waals surface area contributed by atoms with Crippen LogP contribution in [0.5, 0.6) is 0 Å². The summed E-state index contributed by atoms with van der Waals surface area (Å²) in [6.45, 7) is 4.03. The number of alkyl halides is 3. The lowest BCUT2D eigenvalue weighted by molar-refractivity contribution is -0.140. The van der Waals surface area contributed by atoms with Crippen LogP contribution >= 0.6 is 0 Å². The summed E-state index contributed by atoms with van der Waals surface area (Å²) in [6.07, 6.45) is -1.28. The van der Waals surface area contributed by atoms with Crippen molar-refractivity contribution < 1.29 is 18.0 Å². The molecule has 4 nitrogen and oxygen atoms in total. The number of carbonyl (C=O) groups is 1. The molecule has 0 aliphatic rings. The van der Waals surface area contributed by atoms with Crippen LogP contribution in [0.3, 0.4) is 0 Å². The highest BCUT2D eigenvalue weighted by Crippen LogP contribution is 2.18. The Bertz CT molecular complexity index is 412. The van der Waals surface area contributed by atoms with Gasteiger partial charge in [0.25, 0.3) is 0 Å². The lowest BCUT2D eigenvalue weighted by Crippen LogP contribution is -2.38. The third kappa shape index (κ3) is 3.75. The minimum Gasteiger partial charge on any atom is -0.345 e. The second-order valence-electron chi connectivity index (χ2n) is 4.36. The largest absolute Gasteiger partial charge is 0.405 e. The molecule has 1 rings (SSSR count). The van der Waals surface area contributed by atoms with Gasteiger partial charge in [-0.1, -0.05) is 13.8 Å². The number of carbonyl (C=O) groups excluding carboxylic acids is 1. The van der Waals surface area contributed by atoms with E-state index in [0.29, 0.717) is 5.82 Å². The van der Waals surface area contributed by atoms with Crippen LogP contribution in [0, 0.1) is 0 Å². The van der Waals surface area contributed by atoms with Gasteiger partial charge in [-0.25, -0.2) is 4.98 Å². The highest BCUT2D eigenvalue weighted by molar-refractivity contribution is 5.80. The summed E-state index contributed by atoms with van der Waals surface area (Å²) < 4.78 is 37.6. The number of halogens is 3. The molecular formula is C11H16F3N3O. The molecule has 0 spiro atoms. The number of aromatic nitrogens is 2. The van der Waals surface area contributed by atoms with Gasteiger partial charge in [0, 0.05) is 18.3 Å². The predicted molar refractivity (Wildman–Crippen MR) is 60.1 cm³/mol. The average Bonchev–Trinajstić information content (AvgIpc) is 2.72. The van der Waals surface area contributed by atoms with E-state index in [0.717, 1.165) is 0 Å². The summed E-state index contributed by atoms with van der Waals surface area (Å²) in [5.41, 5.74) is 0. The fourth-order valence-electron chi connectivity index (χ4n) is 1.56. The molecule has 0 aromatic carbocycles. The topological polar surface area (TPSA) is 46.9 Å². The van der Waals surface area contributed by atoms with E-state index in [-0.39, 0.29) is 5.92 Å². The minimum absolute atomic E-state index is 0.0952. The Morgan fingerprint density at radius 2 is 2.06 bits per heavy atom. The number of hydrogen-bond acceptors (Lipinski definition) is 2. The number of hydrogen-bond donors (Lipinski definition) is 1. The van der Waals surface area contributed by atoms with Crippen LogP contribution in [-0.2, 0) is 4.79 Å². The van der Waals surface area contributed by atoms with E-state index in [9.17, 15) is 18.0 Å². The molecule has 1 atom stereocenters. The van der Waals surface area contributed by atoms with E-state index >= 15 is 0 Å². The van der Waals surface area contributed by atoms with Crippen molar-refractivity contribution in [3.63, 3.8) is 0 Å². The molecular weight excluding hydrogens is 247 g/mol. The molecule has 0 aliphatic carbocycles. The monoisotopic (exact) mass is 263 g/mol. The van der Waals surface area contributed by atoms with Gasteiger partial charge >= 0.3 is 6.18 Å². The van der Waals surface area contributed by atoms with Crippen molar-refractivity contribution in [3.8, 4) is 0 Å². The molecule has 7 heteroatoms. The number of imidazole rings is 1. The zero-order valence-electron chi connectivity index (χ0n) is 10.5. The molecule has 1 heterocycles. The normalized spacial score (nSPS) is 13.7. The molecule has 0 saturated carbocycles. The first-order chi connectivity index (χ1) is 8.22. The van der Waals surface area contributed by atoms with Gasteiger partial charge in [-0.2, -0.15) is 13.2 Å². The molecule has 18 heavy (non-hydrogen) atoms. The van der Waals surface area contributed by atoms with E-state index in [1.54, 1.807) is 17.7 Å². The summed E-state index contributed by atoms with van der Waals surface area (Å²) in [5, 5.41) is 1.86. The molecule has 1 N–H and O–H groups in total. The third-order valence-electron chi connectivity index (χ3n) is 2.47. The Kier molecular flexibility index (Phi) is 4.37. The zero-order valence-corrected chi connectivity index (χ0v) is 10.5.